The van der Waals surface area contributed by atoms with E-state index in [2.05, 4.69) is 15.7 Å². The van der Waals surface area contributed by atoms with Crippen LogP contribution in [-0.4, -0.2) is 27.2 Å². The number of fused-ring (bicyclic) bond motifs is 1. The highest BCUT2D eigenvalue weighted by Crippen LogP contribution is 2.34. The van der Waals surface area contributed by atoms with Crippen LogP contribution in [0.5, 0.6) is 5.75 Å². The molecule has 0 radical (unpaired) electrons. The van der Waals surface area contributed by atoms with Gasteiger partial charge in [-0.15, -0.1) is 0 Å². The second-order valence-corrected chi connectivity index (χ2v) is 5.42. The number of nitrogens with one attached hydrogen (secondary N) is 2. The minimum atomic E-state index is -1.65. The summed E-state index contributed by atoms with van der Waals surface area (Å²) < 4.78 is 7.22. The van der Waals surface area contributed by atoms with Crippen molar-refractivity contribution >= 4 is 23.3 Å². The third kappa shape index (κ3) is 2.30. The highest BCUT2D eigenvalue weighted by atomic mass is 16.5. The molecule has 1 aliphatic rings. The molecule has 0 bridgehead atoms. The smallest absolute Gasteiger partial charge is 0.279 e. The number of aryl methyl sites for hydroxylation is 2. The van der Waals surface area contributed by atoms with Crippen molar-refractivity contribution < 1.29 is 14.3 Å². The zero-order valence-corrected chi connectivity index (χ0v) is 12.5. The van der Waals surface area contributed by atoms with Crippen molar-refractivity contribution in [1.29, 1.82) is 0 Å². The molecule has 0 fully saturated rings. The molecule has 1 aromatic heterocycles. The van der Waals surface area contributed by atoms with Crippen LogP contribution in [0.4, 0.5) is 11.5 Å². The maximum atomic E-state index is 12.4. The second kappa shape index (κ2) is 4.87. The number of amides is 2. The molecule has 1 aliphatic heterocycles. The summed E-state index contributed by atoms with van der Waals surface area (Å²) in [6, 6.07) is 7.02. The third-order valence-electron chi connectivity index (χ3n) is 3.52. The molecule has 1 aromatic carbocycles. The van der Waals surface area contributed by atoms with Crippen LogP contribution >= 0.6 is 0 Å². The van der Waals surface area contributed by atoms with Crippen LogP contribution in [0.3, 0.4) is 0 Å². The van der Waals surface area contributed by atoms with Crippen molar-refractivity contribution in [3.63, 3.8) is 0 Å². The van der Waals surface area contributed by atoms with Crippen molar-refractivity contribution in [2.75, 3.05) is 10.6 Å². The molecular weight excluding hydrogens is 284 g/mol. The molecule has 0 saturated heterocycles. The number of carbonyl (C=O) groups is 2. The van der Waals surface area contributed by atoms with E-state index in [1.807, 2.05) is 13.0 Å². The summed E-state index contributed by atoms with van der Waals surface area (Å²) in [4.78, 5) is 24.7. The average Bonchev–Trinajstić information content (AvgIpc) is 2.86. The first kappa shape index (κ1) is 14.1. The van der Waals surface area contributed by atoms with Crippen LogP contribution < -0.4 is 15.4 Å². The quantitative estimate of drug-likeness (QED) is 0.822. The predicted molar refractivity (Wildman–Crippen MR) is 80.7 cm³/mol. The van der Waals surface area contributed by atoms with Crippen LogP contribution in [0.15, 0.2) is 30.5 Å². The minimum absolute atomic E-state index is 0.361. The number of benzene rings is 1. The van der Waals surface area contributed by atoms with Crippen molar-refractivity contribution in [2.45, 2.75) is 19.4 Å². The lowest BCUT2D eigenvalue weighted by molar-refractivity contribution is -0.143. The van der Waals surface area contributed by atoms with Crippen molar-refractivity contribution in [1.82, 2.24) is 9.78 Å². The molecule has 1 atom stereocenters. The number of hydrogen-bond acceptors (Lipinski definition) is 4. The molecule has 3 rings (SSSR count). The van der Waals surface area contributed by atoms with Gasteiger partial charge in [0.05, 0.1) is 5.69 Å². The number of nitrogens with zero attached hydrogens (tertiary/aromatic N) is 2. The Morgan fingerprint density at radius 2 is 2.18 bits per heavy atom. The molecule has 7 heteroatoms. The van der Waals surface area contributed by atoms with Crippen LogP contribution in [0.2, 0.25) is 0 Å². The number of rotatable bonds is 2. The van der Waals surface area contributed by atoms with Crippen molar-refractivity contribution in [3.05, 3.63) is 36.0 Å². The summed E-state index contributed by atoms with van der Waals surface area (Å²) in [5.74, 6) is -0.266. The average molecular weight is 300 g/mol. The van der Waals surface area contributed by atoms with Crippen LogP contribution in [0.1, 0.15) is 12.5 Å². The van der Waals surface area contributed by atoms with Gasteiger partial charge >= 0.3 is 0 Å². The molecule has 2 heterocycles. The molecule has 2 amide bonds. The van der Waals surface area contributed by atoms with Gasteiger partial charge in [0.1, 0.15) is 5.75 Å². The number of hydrogen-bond donors (Lipinski definition) is 2. The van der Waals surface area contributed by atoms with Gasteiger partial charge in [0, 0.05) is 19.3 Å². The van der Waals surface area contributed by atoms with E-state index in [1.54, 1.807) is 36.1 Å². The first-order valence-corrected chi connectivity index (χ1v) is 6.81. The maximum absolute atomic E-state index is 12.4. The lowest BCUT2D eigenvalue weighted by Gasteiger charge is -2.33. The highest BCUT2D eigenvalue weighted by Gasteiger charge is 2.47. The Bertz CT molecular complexity index is 768. The van der Waals surface area contributed by atoms with Gasteiger partial charge in [-0.1, -0.05) is 6.07 Å². The first-order valence-electron chi connectivity index (χ1n) is 6.81. The lowest BCUT2D eigenvalue weighted by Crippen LogP contribution is -2.56. The fraction of sp³-hybridized carbons (Fsp3) is 0.267. The van der Waals surface area contributed by atoms with E-state index < -0.39 is 17.4 Å². The summed E-state index contributed by atoms with van der Waals surface area (Å²) in [6.45, 7) is 3.34. The number of carbonyl (C=O) groups excluding carboxylic acids is 2. The van der Waals surface area contributed by atoms with Crippen LogP contribution in [-0.2, 0) is 16.6 Å². The zero-order chi connectivity index (χ0) is 15.9. The topological polar surface area (TPSA) is 85.3 Å². The number of anilines is 2. The third-order valence-corrected chi connectivity index (χ3v) is 3.52. The standard InChI is InChI=1S/C15H16N4O3/c1-9-4-5-11-10(8-9)16-13(20)15(2,22-11)14(21)17-12-6-7-19(3)18-12/h4-8H,1-3H3,(H,16,20)(H,17,18,21). The summed E-state index contributed by atoms with van der Waals surface area (Å²) in [5.41, 5.74) is -0.0999. The fourth-order valence-corrected chi connectivity index (χ4v) is 2.21. The highest BCUT2D eigenvalue weighted by molar-refractivity contribution is 6.18. The van der Waals surface area contributed by atoms with E-state index in [0.29, 0.717) is 17.3 Å². The van der Waals surface area contributed by atoms with Crippen LogP contribution in [0.25, 0.3) is 0 Å². The maximum Gasteiger partial charge on any atom is 0.279 e. The Kier molecular flexibility index (Phi) is 3.13. The van der Waals surface area contributed by atoms with Gasteiger partial charge in [-0.2, -0.15) is 5.10 Å². The van der Waals surface area contributed by atoms with Crippen molar-refractivity contribution in [2.24, 2.45) is 7.05 Å². The van der Waals surface area contributed by atoms with E-state index in [9.17, 15) is 9.59 Å². The van der Waals surface area contributed by atoms with Gasteiger partial charge in [0.25, 0.3) is 17.4 Å². The summed E-state index contributed by atoms with van der Waals surface area (Å²) in [5, 5.41) is 9.36. The molecular formula is C15H16N4O3. The Balaban J connectivity index is 1.87. The normalized spacial score (nSPS) is 19.9. The monoisotopic (exact) mass is 300 g/mol. The van der Waals surface area contributed by atoms with E-state index in [-0.39, 0.29) is 0 Å². The Labute approximate surface area is 127 Å². The Morgan fingerprint density at radius 1 is 1.41 bits per heavy atom. The minimum Gasteiger partial charge on any atom is -0.466 e. The van der Waals surface area contributed by atoms with E-state index in [1.165, 1.54) is 6.92 Å². The molecule has 0 saturated carbocycles. The first-order chi connectivity index (χ1) is 10.4. The van der Waals surface area contributed by atoms with Gasteiger partial charge < -0.3 is 15.4 Å². The van der Waals surface area contributed by atoms with Gasteiger partial charge in [-0.25, -0.2) is 0 Å². The van der Waals surface area contributed by atoms with E-state index in [4.69, 9.17) is 4.74 Å². The fourth-order valence-electron chi connectivity index (χ4n) is 2.21. The molecule has 0 spiro atoms. The molecule has 22 heavy (non-hydrogen) atoms. The van der Waals surface area contributed by atoms with Gasteiger partial charge in [-0.05, 0) is 31.5 Å². The predicted octanol–water partition coefficient (Wildman–Crippen LogP) is 1.46. The summed E-state index contributed by atoms with van der Waals surface area (Å²) in [6.07, 6.45) is 1.69. The molecule has 1 unspecified atom stereocenters. The number of ether oxygens (including phenoxy) is 1. The van der Waals surface area contributed by atoms with Crippen molar-refractivity contribution in [3.8, 4) is 5.75 Å². The van der Waals surface area contributed by atoms with Gasteiger partial charge in [0.15, 0.2) is 5.82 Å². The lowest BCUT2D eigenvalue weighted by atomic mass is 10.0. The van der Waals surface area contributed by atoms with Gasteiger partial charge in [0.2, 0.25) is 0 Å². The molecule has 0 aliphatic carbocycles. The Hall–Kier alpha value is -2.83. The molecule has 2 aromatic rings. The molecule has 7 nitrogen and oxygen atoms in total. The summed E-state index contributed by atoms with van der Waals surface area (Å²) in [7, 11) is 1.74. The second-order valence-electron chi connectivity index (χ2n) is 5.42. The SMILES string of the molecule is Cc1ccc2c(c1)NC(=O)C(C)(C(=O)Nc1ccn(C)n1)O2. The Morgan fingerprint density at radius 3 is 2.86 bits per heavy atom. The molecule has 114 valence electrons. The zero-order valence-electron chi connectivity index (χ0n) is 12.5. The number of aromatic nitrogens is 2. The summed E-state index contributed by atoms with van der Waals surface area (Å²) >= 11 is 0. The van der Waals surface area contributed by atoms with E-state index >= 15 is 0 Å². The van der Waals surface area contributed by atoms with Gasteiger partial charge in [-0.3, -0.25) is 14.3 Å². The van der Waals surface area contributed by atoms with Crippen LogP contribution in [0, 0.1) is 6.92 Å². The molecule has 2 N–H and O–H groups in total. The van der Waals surface area contributed by atoms with E-state index in [0.717, 1.165) is 5.56 Å². The largest absolute Gasteiger partial charge is 0.466 e.